The van der Waals surface area contributed by atoms with Gasteiger partial charge in [-0.15, -0.1) is 5.10 Å². The van der Waals surface area contributed by atoms with E-state index in [0.29, 0.717) is 5.69 Å². The maximum absolute atomic E-state index is 12.5. The second kappa shape index (κ2) is 5.35. The average Bonchev–Trinajstić information content (AvgIpc) is 2.89. The molecule has 108 valence electrons. The molecule has 1 aromatic heterocycles. The van der Waals surface area contributed by atoms with E-state index in [2.05, 4.69) is 15.6 Å². The third-order valence-electron chi connectivity index (χ3n) is 3.33. The van der Waals surface area contributed by atoms with Crippen LogP contribution in [0, 0.1) is 0 Å². The number of rotatable bonds is 3. The molecule has 1 saturated heterocycles. The minimum absolute atomic E-state index is 0.0404. The Balaban J connectivity index is 1.81. The number of aromatic nitrogens is 3. The number of aryl methyl sites for hydroxylation is 1. The molecule has 2 aromatic rings. The van der Waals surface area contributed by atoms with E-state index < -0.39 is 6.04 Å². The minimum atomic E-state index is -0.635. The molecule has 1 atom stereocenters. The van der Waals surface area contributed by atoms with Gasteiger partial charge in [0.05, 0.1) is 6.54 Å². The van der Waals surface area contributed by atoms with Gasteiger partial charge in [-0.2, -0.15) is 0 Å². The van der Waals surface area contributed by atoms with Gasteiger partial charge in [-0.3, -0.25) is 14.3 Å². The van der Waals surface area contributed by atoms with Gasteiger partial charge in [0.2, 0.25) is 5.91 Å². The molecule has 1 aromatic carbocycles. The summed E-state index contributed by atoms with van der Waals surface area (Å²) in [6.45, 7) is 0.322. The monoisotopic (exact) mass is 285 g/mol. The summed E-state index contributed by atoms with van der Waals surface area (Å²) in [5.41, 5.74) is 1.44. The smallest absolute Gasteiger partial charge is 0.250 e. The number of carbonyl (C=O) groups excluding carboxylic acids is 2. The first-order valence-corrected chi connectivity index (χ1v) is 6.62. The lowest BCUT2D eigenvalue weighted by molar-refractivity contribution is -0.145. The molecule has 7 heteroatoms. The van der Waals surface area contributed by atoms with Gasteiger partial charge in [-0.05, 0) is 5.56 Å². The lowest BCUT2D eigenvalue weighted by Gasteiger charge is -2.32. The summed E-state index contributed by atoms with van der Waals surface area (Å²) in [6.07, 6.45) is 1.73. The largest absolute Gasteiger partial charge is 0.339 e. The fourth-order valence-electron chi connectivity index (χ4n) is 2.37. The van der Waals surface area contributed by atoms with Gasteiger partial charge in [0.25, 0.3) is 5.91 Å². The van der Waals surface area contributed by atoms with Crippen LogP contribution in [-0.4, -0.2) is 38.3 Å². The maximum Gasteiger partial charge on any atom is 0.250 e. The standard InChI is InChI=1S/C14H15N5O2/c1-18-7-11(16-17-18)8-19-9-12(20)15-13(14(19)21)10-5-3-2-4-6-10/h2-7,13H,8-9H2,1H3,(H,15,20). The molecular weight excluding hydrogens is 270 g/mol. The van der Waals surface area contributed by atoms with Crippen molar-refractivity contribution < 1.29 is 9.59 Å². The van der Waals surface area contributed by atoms with E-state index in [-0.39, 0.29) is 24.9 Å². The van der Waals surface area contributed by atoms with Crippen LogP contribution in [0.25, 0.3) is 0 Å². The van der Waals surface area contributed by atoms with Crippen molar-refractivity contribution in [2.24, 2.45) is 7.05 Å². The van der Waals surface area contributed by atoms with Gasteiger partial charge in [0.15, 0.2) is 0 Å². The fourth-order valence-corrected chi connectivity index (χ4v) is 2.37. The number of hydrogen-bond donors (Lipinski definition) is 1. The van der Waals surface area contributed by atoms with Crippen molar-refractivity contribution >= 4 is 11.8 Å². The topological polar surface area (TPSA) is 80.1 Å². The highest BCUT2D eigenvalue weighted by Gasteiger charge is 2.33. The average molecular weight is 285 g/mol. The fraction of sp³-hybridized carbons (Fsp3) is 0.286. The summed E-state index contributed by atoms with van der Waals surface area (Å²) in [6, 6.07) is 8.58. The van der Waals surface area contributed by atoms with Crippen molar-refractivity contribution in [3.8, 4) is 0 Å². The Kier molecular flexibility index (Phi) is 3.39. The maximum atomic E-state index is 12.5. The lowest BCUT2D eigenvalue weighted by atomic mass is 10.0. The van der Waals surface area contributed by atoms with Gasteiger partial charge < -0.3 is 10.2 Å². The van der Waals surface area contributed by atoms with E-state index in [1.54, 1.807) is 17.9 Å². The highest BCUT2D eigenvalue weighted by Crippen LogP contribution is 2.20. The van der Waals surface area contributed by atoms with Crippen LogP contribution >= 0.6 is 0 Å². The zero-order chi connectivity index (χ0) is 14.8. The molecule has 0 radical (unpaired) electrons. The van der Waals surface area contributed by atoms with E-state index in [0.717, 1.165) is 5.56 Å². The summed E-state index contributed by atoms with van der Waals surface area (Å²) in [4.78, 5) is 25.9. The number of benzene rings is 1. The van der Waals surface area contributed by atoms with Gasteiger partial charge >= 0.3 is 0 Å². The van der Waals surface area contributed by atoms with Crippen LogP contribution in [0.4, 0.5) is 0 Å². The van der Waals surface area contributed by atoms with Crippen molar-refractivity contribution in [3.63, 3.8) is 0 Å². The van der Waals surface area contributed by atoms with Gasteiger partial charge in [-0.25, -0.2) is 0 Å². The van der Waals surface area contributed by atoms with Crippen molar-refractivity contribution in [3.05, 3.63) is 47.8 Å². The lowest BCUT2D eigenvalue weighted by Crippen LogP contribution is -2.52. The first-order chi connectivity index (χ1) is 10.1. The Hall–Kier alpha value is -2.70. The molecule has 2 heterocycles. The van der Waals surface area contributed by atoms with Crippen LogP contribution in [0.2, 0.25) is 0 Å². The zero-order valence-electron chi connectivity index (χ0n) is 11.6. The van der Waals surface area contributed by atoms with Crippen LogP contribution in [0.15, 0.2) is 36.5 Å². The van der Waals surface area contributed by atoms with Crippen LogP contribution in [0.3, 0.4) is 0 Å². The number of amides is 2. The molecule has 1 aliphatic rings. The molecule has 0 bridgehead atoms. The number of piperazine rings is 1. The van der Waals surface area contributed by atoms with E-state index in [4.69, 9.17) is 0 Å². The van der Waals surface area contributed by atoms with E-state index in [1.807, 2.05) is 30.3 Å². The predicted octanol–water partition coefficient (Wildman–Crippen LogP) is 0.0148. The Labute approximate surface area is 121 Å². The van der Waals surface area contributed by atoms with E-state index >= 15 is 0 Å². The molecule has 3 rings (SSSR count). The molecule has 1 aliphatic heterocycles. The SMILES string of the molecule is Cn1cc(CN2CC(=O)NC(c3ccccc3)C2=O)nn1. The molecule has 1 N–H and O–H groups in total. The van der Waals surface area contributed by atoms with E-state index in [1.165, 1.54) is 4.90 Å². The summed E-state index contributed by atoms with van der Waals surface area (Å²) in [5.74, 6) is -0.307. The number of nitrogens with one attached hydrogen (secondary N) is 1. The van der Waals surface area contributed by atoms with Crippen LogP contribution in [-0.2, 0) is 23.2 Å². The molecule has 2 amide bonds. The molecule has 7 nitrogen and oxygen atoms in total. The van der Waals surface area contributed by atoms with Gasteiger partial charge in [0.1, 0.15) is 18.3 Å². The van der Waals surface area contributed by atoms with Crippen molar-refractivity contribution in [2.45, 2.75) is 12.6 Å². The summed E-state index contributed by atoms with van der Waals surface area (Å²) >= 11 is 0. The highest BCUT2D eigenvalue weighted by molar-refractivity contribution is 5.95. The number of hydrogen-bond acceptors (Lipinski definition) is 4. The summed E-state index contributed by atoms with van der Waals surface area (Å²) in [7, 11) is 1.76. The van der Waals surface area contributed by atoms with Gasteiger partial charge in [0, 0.05) is 13.2 Å². The quantitative estimate of drug-likeness (QED) is 0.862. The van der Waals surface area contributed by atoms with Gasteiger partial charge in [-0.1, -0.05) is 35.5 Å². The van der Waals surface area contributed by atoms with Crippen LogP contribution in [0.5, 0.6) is 0 Å². The zero-order valence-corrected chi connectivity index (χ0v) is 11.6. The summed E-state index contributed by atoms with van der Waals surface area (Å²) < 4.78 is 1.57. The molecular formula is C14H15N5O2. The first kappa shape index (κ1) is 13.3. The third kappa shape index (κ3) is 2.76. The second-order valence-corrected chi connectivity index (χ2v) is 4.99. The van der Waals surface area contributed by atoms with Crippen molar-refractivity contribution in [2.75, 3.05) is 6.54 Å². The third-order valence-corrected chi connectivity index (χ3v) is 3.33. The van der Waals surface area contributed by atoms with Crippen LogP contribution in [0.1, 0.15) is 17.3 Å². The Morgan fingerprint density at radius 1 is 1.29 bits per heavy atom. The highest BCUT2D eigenvalue weighted by atomic mass is 16.2. The molecule has 21 heavy (non-hydrogen) atoms. The normalized spacial score (nSPS) is 18.7. The van der Waals surface area contributed by atoms with Crippen LogP contribution < -0.4 is 5.32 Å². The molecule has 0 aliphatic carbocycles. The van der Waals surface area contributed by atoms with Crippen molar-refractivity contribution in [1.82, 2.24) is 25.2 Å². The predicted molar refractivity (Wildman–Crippen MR) is 73.7 cm³/mol. The molecule has 1 unspecified atom stereocenters. The molecule has 0 spiro atoms. The van der Waals surface area contributed by atoms with Crippen molar-refractivity contribution in [1.29, 1.82) is 0 Å². The molecule has 1 fully saturated rings. The summed E-state index contributed by atoms with van der Waals surface area (Å²) in [5, 5.41) is 10.5. The first-order valence-electron chi connectivity index (χ1n) is 6.62. The van der Waals surface area contributed by atoms with E-state index in [9.17, 15) is 9.59 Å². The Bertz CT molecular complexity index is 667. The Morgan fingerprint density at radius 2 is 2.05 bits per heavy atom. The second-order valence-electron chi connectivity index (χ2n) is 4.99. The number of nitrogens with zero attached hydrogens (tertiary/aromatic N) is 4. The number of carbonyl (C=O) groups is 2. The Morgan fingerprint density at radius 3 is 2.71 bits per heavy atom. The molecule has 0 saturated carbocycles. The minimum Gasteiger partial charge on any atom is -0.339 e.